The Bertz CT molecular complexity index is 456. The first kappa shape index (κ1) is 17.9. The summed E-state index contributed by atoms with van der Waals surface area (Å²) in [4.78, 5) is 21.9. The van der Waals surface area contributed by atoms with Crippen molar-refractivity contribution >= 4 is 22.1 Å². The summed E-state index contributed by atoms with van der Waals surface area (Å²) in [6.45, 7) is 2.67. The maximum Gasteiger partial charge on any atom is 0.309 e. The quantitative estimate of drug-likeness (QED) is 0.479. The van der Waals surface area contributed by atoms with Crippen molar-refractivity contribution in [3.8, 4) is 0 Å². The van der Waals surface area contributed by atoms with Gasteiger partial charge in [0, 0.05) is 26.1 Å². The van der Waals surface area contributed by atoms with E-state index in [2.05, 4.69) is 4.72 Å². The van der Waals surface area contributed by atoms with Crippen LogP contribution in [0.15, 0.2) is 0 Å². The van der Waals surface area contributed by atoms with Crippen LogP contribution in [-0.2, 0) is 24.5 Å². The molecule has 0 unspecified atom stereocenters. The first-order valence-electron chi connectivity index (χ1n) is 7.00. The lowest BCUT2D eigenvalue weighted by atomic mass is 9.98. The van der Waals surface area contributed by atoms with Gasteiger partial charge in [-0.1, -0.05) is 0 Å². The Morgan fingerprint density at radius 3 is 2.48 bits per heavy atom. The highest BCUT2D eigenvalue weighted by atomic mass is 32.2. The van der Waals surface area contributed by atoms with Crippen molar-refractivity contribution in [1.82, 2.24) is 9.03 Å². The number of carboxylic acids is 1. The summed E-state index contributed by atoms with van der Waals surface area (Å²) in [5, 5.41) is 8.49. The minimum atomic E-state index is -3.60. The Morgan fingerprint density at radius 2 is 1.95 bits per heavy atom. The summed E-state index contributed by atoms with van der Waals surface area (Å²) >= 11 is 0. The van der Waals surface area contributed by atoms with Crippen molar-refractivity contribution in [2.45, 2.75) is 32.6 Å². The number of carbonyl (C=O) groups is 2. The predicted octanol–water partition coefficient (Wildman–Crippen LogP) is -0.0393. The summed E-state index contributed by atoms with van der Waals surface area (Å²) < 4.78 is 32.5. The lowest BCUT2D eigenvalue weighted by molar-refractivity contribution is -0.149. The van der Waals surface area contributed by atoms with Gasteiger partial charge in [-0.05, 0) is 26.2 Å². The Kier molecular flexibility index (Phi) is 7.06. The summed E-state index contributed by atoms with van der Waals surface area (Å²) in [5.41, 5.74) is 0. The molecule has 1 aliphatic heterocycles. The summed E-state index contributed by atoms with van der Waals surface area (Å²) in [6, 6.07) is 0. The number of nitrogens with zero attached hydrogens (tertiary/aromatic N) is 1. The third-order valence-corrected chi connectivity index (χ3v) is 4.88. The van der Waals surface area contributed by atoms with Crippen LogP contribution in [0.1, 0.15) is 32.6 Å². The second-order valence-corrected chi connectivity index (χ2v) is 6.58. The van der Waals surface area contributed by atoms with Gasteiger partial charge in [0.25, 0.3) is 10.2 Å². The normalized spacial score (nSPS) is 17.6. The standard InChI is InChI=1S/C12H22N2O6S/c1-2-20-12(17)10-5-8-14(9-6-10)21(18,19)13-7-3-4-11(15)16/h10,13H,2-9H2,1H3,(H,15,16). The number of hydrogen-bond donors (Lipinski definition) is 2. The number of carbonyl (C=O) groups excluding carboxylic acids is 1. The Labute approximate surface area is 124 Å². The molecule has 8 nitrogen and oxygen atoms in total. The van der Waals surface area contributed by atoms with Crippen LogP contribution < -0.4 is 4.72 Å². The Hall–Kier alpha value is -1.19. The number of carboxylic acid groups (broad SMARTS) is 1. The molecule has 0 aromatic heterocycles. The maximum atomic E-state index is 12.0. The molecule has 1 saturated heterocycles. The first-order valence-corrected chi connectivity index (χ1v) is 8.44. The average molecular weight is 322 g/mol. The molecule has 0 atom stereocenters. The van der Waals surface area contributed by atoms with E-state index in [9.17, 15) is 18.0 Å². The third kappa shape index (κ3) is 5.98. The highest BCUT2D eigenvalue weighted by molar-refractivity contribution is 7.87. The van der Waals surface area contributed by atoms with Gasteiger partial charge in [-0.25, -0.2) is 4.72 Å². The lowest BCUT2D eigenvalue weighted by Gasteiger charge is -2.30. The molecule has 0 aromatic carbocycles. The molecule has 1 aliphatic rings. The van der Waals surface area contributed by atoms with E-state index in [0.29, 0.717) is 19.4 Å². The number of ether oxygens (including phenoxy) is 1. The van der Waals surface area contributed by atoms with E-state index in [0.717, 1.165) is 0 Å². The van der Waals surface area contributed by atoms with E-state index in [-0.39, 0.29) is 44.4 Å². The van der Waals surface area contributed by atoms with E-state index >= 15 is 0 Å². The minimum Gasteiger partial charge on any atom is -0.481 e. The number of esters is 1. The van der Waals surface area contributed by atoms with E-state index in [4.69, 9.17) is 9.84 Å². The van der Waals surface area contributed by atoms with Crippen LogP contribution in [0.5, 0.6) is 0 Å². The highest BCUT2D eigenvalue weighted by Crippen LogP contribution is 2.20. The SMILES string of the molecule is CCOC(=O)C1CCN(S(=O)(=O)NCCCC(=O)O)CC1. The fraction of sp³-hybridized carbons (Fsp3) is 0.833. The van der Waals surface area contributed by atoms with Gasteiger partial charge < -0.3 is 9.84 Å². The molecular weight excluding hydrogens is 300 g/mol. The van der Waals surface area contributed by atoms with Crippen molar-refractivity contribution in [3.05, 3.63) is 0 Å². The van der Waals surface area contributed by atoms with Crippen LogP contribution in [-0.4, -0.2) is 56.0 Å². The molecule has 0 aliphatic carbocycles. The summed E-state index contributed by atoms with van der Waals surface area (Å²) in [7, 11) is -3.60. The lowest BCUT2D eigenvalue weighted by Crippen LogP contribution is -2.46. The van der Waals surface area contributed by atoms with Crippen molar-refractivity contribution in [2.24, 2.45) is 5.92 Å². The molecule has 122 valence electrons. The molecule has 21 heavy (non-hydrogen) atoms. The fourth-order valence-electron chi connectivity index (χ4n) is 2.12. The first-order chi connectivity index (χ1) is 9.86. The largest absolute Gasteiger partial charge is 0.481 e. The second kappa shape index (κ2) is 8.30. The van der Waals surface area contributed by atoms with Gasteiger partial charge in [-0.3, -0.25) is 9.59 Å². The summed E-state index contributed by atoms with van der Waals surface area (Å²) in [6.07, 6.45) is 1.05. The molecule has 0 aromatic rings. The van der Waals surface area contributed by atoms with Crippen LogP contribution >= 0.6 is 0 Å². The topological polar surface area (TPSA) is 113 Å². The number of aliphatic carboxylic acids is 1. The van der Waals surface area contributed by atoms with Gasteiger partial charge in [-0.15, -0.1) is 0 Å². The van der Waals surface area contributed by atoms with Gasteiger partial charge in [-0.2, -0.15) is 12.7 Å². The van der Waals surface area contributed by atoms with Crippen LogP contribution in [0.4, 0.5) is 0 Å². The number of rotatable bonds is 8. The van der Waals surface area contributed by atoms with Gasteiger partial charge in [0.2, 0.25) is 0 Å². The second-order valence-electron chi connectivity index (χ2n) is 4.82. The van der Waals surface area contributed by atoms with Crippen LogP contribution in [0.3, 0.4) is 0 Å². The zero-order valence-corrected chi connectivity index (χ0v) is 12.9. The molecule has 0 amide bonds. The van der Waals surface area contributed by atoms with Gasteiger partial charge in [0.05, 0.1) is 12.5 Å². The van der Waals surface area contributed by atoms with Crippen molar-refractivity contribution in [1.29, 1.82) is 0 Å². The Morgan fingerprint density at radius 1 is 1.33 bits per heavy atom. The zero-order valence-electron chi connectivity index (χ0n) is 12.1. The van der Waals surface area contributed by atoms with Crippen LogP contribution in [0, 0.1) is 5.92 Å². The molecule has 1 fully saturated rings. The zero-order chi connectivity index (χ0) is 15.9. The van der Waals surface area contributed by atoms with Gasteiger partial charge in [0.15, 0.2) is 0 Å². The average Bonchev–Trinajstić information content (AvgIpc) is 2.44. The molecule has 1 heterocycles. The molecule has 0 saturated carbocycles. The molecule has 1 rings (SSSR count). The van der Waals surface area contributed by atoms with Crippen LogP contribution in [0.25, 0.3) is 0 Å². The third-order valence-electron chi connectivity index (χ3n) is 3.27. The van der Waals surface area contributed by atoms with E-state index in [1.807, 2.05) is 0 Å². The number of nitrogens with one attached hydrogen (secondary N) is 1. The van der Waals surface area contributed by atoms with Crippen molar-refractivity contribution in [3.63, 3.8) is 0 Å². The Balaban J connectivity index is 2.38. The monoisotopic (exact) mass is 322 g/mol. The molecule has 0 radical (unpaired) electrons. The number of hydrogen-bond acceptors (Lipinski definition) is 5. The predicted molar refractivity (Wildman–Crippen MR) is 74.7 cm³/mol. The minimum absolute atomic E-state index is 0.0759. The van der Waals surface area contributed by atoms with E-state index in [1.54, 1.807) is 6.92 Å². The molecule has 0 bridgehead atoms. The fourth-order valence-corrected chi connectivity index (χ4v) is 3.40. The van der Waals surface area contributed by atoms with Crippen molar-refractivity contribution < 1.29 is 27.9 Å². The van der Waals surface area contributed by atoms with Crippen molar-refractivity contribution in [2.75, 3.05) is 26.2 Å². The molecule has 2 N–H and O–H groups in total. The highest BCUT2D eigenvalue weighted by Gasteiger charge is 2.31. The molecule has 0 spiro atoms. The maximum absolute atomic E-state index is 12.0. The molecular formula is C12H22N2O6S. The number of piperidine rings is 1. The van der Waals surface area contributed by atoms with Gasteiger partial charge >= 0.3 is 11.9 Å². The summed E-state index contributed by atoms with van der Waals surface area (Å²) in [5.74, 6) is -1.48. The van der Waals surface area contributed by atoms with E-state index in [1.165, 1.54) is 4.31 Å². The molecule has 9 heteroatoms. The van der Waals surface area contributed by atoms with E-state index < -0.39 is 16.2 Å². The smallest absolute Gasteiger partial charge is 0.309 e. The van der Waals surface area contributed by atoms with Crippen LogP contribution in [0.2, 0.25) is 0 Å². The van der Waals surface area contributed by atoms with Gasteiger partial charge in [0.1, 0.15) is 0 Å².